The monoisotopic (exact) mass is 403 g/mol. The molecule has 1 aliphatic heterocycles. The minimum atomic E-state index is -0.911. The molecule has 122 valence electrons. The van der Waals surface area contributed by atoms with Gasteiger partial charge in [-0.2, -0.15) is 0 Å². The van der Waals surface area contributed by atoms with Crippen molar-refractivity contribution in [3.63, 3.8) is 0 Å². The highest BCUT2D eigenvalue weighted by Crippen LogP contribution is 2.52. The Balaban J connectivity index is 1.86. The van der Waals surface area contributed by atoms with Gasteiger partial charge in [0.15, 0.2) is 0 Å². The average Bonchev–Trinajstić information content (AvgIpc) is 3.05. The van der Waals surface area contributed by atoms with Gasteiger partial charge in [0.1, 0.15) is 0 Å². The molecular weight excluding hydrogens is 390 g/mol. The molecule has 0 spiro atoms. The molecule has 1 aliphatic carbocycles. The van der Waals surface area contributed by atoms with Crippen molar-refractivity contribution in [2.45, 2.75) is 18.4 Å². The number of fused-ring (bicyclic) bond motifs is 3. The molecule has 0 radical (unpaired) electrons. The molecule has 5 heteroatoms. The summed E-state index contributed by atoms with van der Waals surface area (Å²) in [5.74, 6) is -0.555. The predicted molar refractivity (Wildman–Crippen MR) is 98.9 cm³/mol. The minimum Gasteiger partial charge on any atom is -0.478 e. The Labute approximate surface area is 153 Å². The third-order valence-electron chi connectivity index (χ3n) is 4.93. The van der Waals surface area contributed by atoms with Gasteiger partial charge < -0.3 is 10.4 Å². The molecule has 3 atom stereocenters. The fourth-order valence-corrected chi connectivity index (χ4v) is 4.34. The predicted octanol–water partition coefficient (Wildman–Crippen LogP) is 5.63. The lowest BCUT2D eigenvalue weighted by Crippen LogP contribution is -2.30. The van der Waals surface area contributed by atoms with Crippen LogP contribution in [-0.2, 0) is 0 Å². The van der Waals surface area contributed by atoms with E-state index < -0.39 is 5.97 Å². The molecule has 0 saturated carbocycles. The van der Waals surface area contributed by atoms with Crippen molar-refractivity contribution in [2.24, 2.45) is 5.92 Å². The molecule has 0 bridgehead atoms. The lowest BCUT2D eigenvalue weighted by molar-refractivity contribution is 0.0695. The Bertz CT molecular complexity index is 847. The molecule has 2 aromatic rings. The molecule has 0 aromatic heterocycles. The fraction of sp³-hybridized carbons (Fsp3) is 0.211. The molecular formula is C19H15BrClNO2. The maximum absolute atomic E-state index is 11.7. The Morgan fingerprint density at radius 2 is 1.96 bits per heavy atom. The Morgan fingerprint density at radius 3 is 2.67 bits per heavy atom. The van der Waals surface area contributed by atoms with Crippen LogP contribution in [0.25, 0.3) is 0 Å². The molecule has 0 fully saturated rings. The number of carboxylic acids is 1. The summed E-state index contributed by atoms with van der Waals surface area (Å²) < 4.78 is 1.04. The maximum atomic E-state index is 11.7. The summed E-state index contributed by atoms with van der Waals surface area (Å²) in [6.45, 7) is 0. The third kappa shape index (κ3) is 2.45. The van der Waals surface area contributed by atoms with Crippen LogP contribution < -0.4 is 5.32 Å². The van der Waals surface area contributed by atoms with Gasteiger partial charge in [-0.1, -0.05) is 51.8 Å². The number of benzene rings is 2. The van der Waals surface area contributed by atoms with Crippen LogP contribution in [0, 0.1) is 5.92 Å². The number of hydrogen-bond donors (Lipinski definition) is 2. The quantitative estimate of drug-likeness (QED) is 0.638. The molecule has 1 heterocycles. The number of aromatic carboxylic acids is 1. The average molecular weight is 405 g/mol. The van der Waals surface area contributed by atoms with E-state index in [1.54, 1.807) is 12.1 Å². The van der Waals surface area contributed by atoms with Gasteiger partial charge in [0, 0.05) is 10.4 Å². The third-order valence-corrected chi connectivity index (χ3v) is 5.77. The van der Waals surface area contributed by atoms with Crippen molar-refractivity contribution in [2.75, 3.05) is 5.32 Å². The smallest absolute Gasteiger partial charge is 0.336 e. The summed E-state index contributed by atoms with van der Waals surface area (Å²) in [6.07, 6.45) is 5.19. The molecule has 2 N–H and O–H groups in total. The van der Waals surface area contributed by atoms with Crippen LogP contribution in [-0.4, -0.2) is 11.1 Å². The minimum absolute atomic E-state index is 0.0692. The van der Waals surface area contributed by atoms with Crippen LogP contribution in [0.4, 0.5) is 5.69 Å². The standard InChI is InChI=1S/C19H15BrClNO2/c20-11-6-4-10(5-7-11)17-13-3-1-2-12(13)16-14(19(23)24)8-9-15(21)18(16)22-17/h1-2,4-9,12-13,17,22H,3H2,(H,23,24)/t12-,13+,17+/m1/s1. The highest BCUT2D eigenvalue weighted by atomic mass is 79.9. The van der Waals surface area contributed by atoms with E-state index in [1.807, 2.05) is 12.1 Å². The Morgan fingerprint density at radius 1 is 1.21 bits per heavy atom. The first-order valence-corrected chi connectivity index (χ1v) is 8.97. The van der Waals surface area contributed by atoms with Crippen LogP contribution in [0.3, 0.4) is 0 Å². The fourth-order valence-electron chi connectivity index (χ4n) is 3.86. The molecule has 4 rings (SSSR count). The maximum Gasteiger partial charge on any atom is 0.336 e. The Kier molecular flexibility index (Phi) is 3.89. The summed E-state index contributed by atoms with van der Waals surface area (Å²) in [5.41, 5.74) is 3.07. The molecule has 2 aromatic carbocycles. The number of carbonyl (C=O) groups is 1. The number of allylic oxidation sites excluding steroid dienone is 2. The second kappa shape index (κ2) is 5.94. The summed E-state index contributed by atoms with van der Waals surface area (Å²) in [6, 6.07) is 11.6. The van der Waals surface area contributed by atoms with E-state index in [2.05, 4.69) is 45.5 Å². The first kappa shape index (κ1) is 15.7. The molecule has 24 heavy (non-hydrogen) atoms. The number of rotatable bonds is 2. The topological polar surface area (TPSA) is 49.3 Å². The van der Waals surface area contributed by atoms with Crippen molar-refractivity contribution >= 4 is 39.2 Å². The molecule has 0 saturated heterocycles. The van der Waals surface area contributed by atoms with Crippen LogP contribution >= 0.6 is 27.5 Å². The molecule has 3 nitrogen and oxygen atoms in total. The highest BCUT2D eigenvalue weighted by molar-refractivity contribution is 9.10. The van der Waals surface area contributed by atoms with Gasteiger partial charge in [-0.05, 0) is 47.7 Å². The van der Waals surface area contributed by atoms with E-state index in [0.717, 1.165) is 22.1 Å². The van der Waals surface area contributed by atoms with Gasteiger partial charge in [-0.15, -0.1) is 0 Å². The first-order chi connectivity index (χ1) is 11.6. The van der Waals surface area contributed by atoms with Gasteiger partial charge in [0.25, 0.3) is 0 Å². The van der Waals surface area contributed by atoms with E-state index in [9.17, 15) is 9.90 Å². The SMILES string of the molecule is O=C(O)c1ccc(Cl)c2c1[C@@H]1C=CC[C@@H]1[C@H](c1ccc(Br)cc1)N2. The van der Waals surface area contributed by atoms with Crippen LogP contribution in [0.2, 0.25) is 5.02 Å². The van der Waals surface area contributed by atoms with Crippen LogP contribution in [0.15, 0.2) is 53.0 Å². The van der Waals surface area contributed by atoms with Crippen molar-refractivity contribution in [1.82, 2.24) is 0 Å². The number of carboxylic acid groups (broad SMARTS) is 1. The van der Waals surface area contributed by atoms with Gasteiger partial charge in [-0.3, -0.25) is 0 Å². The van der Waals surface area contributed by atoms with E-state index in [0.29, 0.717) is 10.6 Å². The van der Waals surface area contributed by atoms with Crippen molar-refractivity contribution < 1.29 is 9.90 Å². The number of hydrogen-bond acceptors (Lipinski definition) is 2. The van der Waals surface area contributed by atoms with E-state index in [4.69, 9.17) is 11.6 Å². The summed E-state index contributed by atoms with van der Waals surface area (Å²) in [7, 11) is 0. The van der Waals surface area contributed by atoms with Gasteiger partial charge >= 0.3 is 5.97 Å². The van der Waals surface area contributed by atoms with Crippen LogP contribution in [0.5, 0.6) is 0 Å². The van der Waals surface area contributed by atoms with E-state index in [1.165, 1.54) is 5.56 Å². The zero-order chi connectivity index (χ0) is 16.8. The lowest BCUT2D eigenvalue weighted by Gasteiger charge is -2.38. The first-order valence-electron chi connectivity index (χ1n) is 7.80. The van der Waals surface area contributed by atoms with Gasteiger partial charge in [0.2, 0.25) is 0 Å². The van der Waals surface area contributed by atoms with Crippen molar-refractivity contribution in [1.29, 1.82) is 0 Å². The Hall–Kier alpha value is -1.78. The zero-order valence-corrected chi connectivity index (χ0v) is 15.0. The summed E-state index contributed by atoms with van der Waals surface area (Å²) in [4.78, 5) is 11.7. The van der Waals surface area contributed by atoms with Crippen molar-refractivity contribution in [3.8, 4) is 0 Å². The molecule has 0 amide bonds. The van der Waals surface area contributed by atoms with E-state index in [-0.39, 0.29) is 17.9 Å². The summed E-state index contributed by atoms with van der Waals surface area (Å²) >= 11 is 9.87. The van der Waals surface area contributed by atoms with Crippen molar-refractivity contribution in [3.05, 3.63) is 74.7 Å². The molecule has 2 aliphatic rings. The zero-order valence-electron chi connectivity index (χ0n) is 12.7. The second-order valence-electron chi connectivity index (χ2n) is 6.22. The molecule has 0 unspecified atom stereocenters. The number of halogens is 2. The van der Waals surface area contributed by atoms with Gasteiger partial charge in [-0.25, -0.2) is 4.79 Å². The largest absolute Gasteiger partial charge is 0.478 e. The van der Waals surface area contributed by atoms with E-state index >= 15 is 0 Å². The highest BCUT2D eigenvalue weighted by Gasteiger charge is 2.40. The summed E-state index contributed by atoms with van der Waals surface area (Å²) in [5, 5.41) is 13.6. The number of nitrogens with one attached hydrogen (secondary N) is 1. The number of anilines is 1. The second-order valence-corrected chi connectivity index (χ2v) is 7.54. The normalized spacial score (nSPS) is 24.2. The van der Waals surface area contributed by atoms with Crippen LogP contribution in [0.1, 0.15) is 39.9 Å². The lowest BCUT2D eigenvalue weighted by atomic mass is 9.75. The van der Waals surface area contributed by atoms with Gasteiger partial charge in [0.05, 0.1) is 22.3 Å².